The van der Waals surface area contributed by atoms with E-state index in [1.165, 1.54) is 22.7 Å². The van der Waals surface area contributed by atoms with Gasteiger partial charge in [0.15, 0.2) is 0 Å². The van der Waals surface area contributed by atoms with Crippen molar-refractivity contribution in [2.45, 2.75) is 32.7 Å². The highest BCUT2D eigenvalue weighted by Crippen LogP contribution is 2.40. The monoisotopic (exact) mass is 493 g/mol. The summed E-state index contributed by atoms with van der Waals surface area (Å²) in [6.07, 6.45) is -4.47. The van der Waals surface area contributed by atoms with Crippen molar-refractivity contribution < 1.29 is 27.4 Å². The number of aliphatic hydroxyl groups is 1. The molecule has 0 bridgehead atoms. The number of aliphatic hydroxyl groups excluding tert-OH is 1. The van der Waals surface area contributed by atoms with Gasteiger partial charge in [0.05, 0.1) is 23.0 Å². The predicted octanol–water partition coefficient (Wildman–Crippen LogP) is 6.12. The molecule has 9 heteroatoms. The molecule has 0 saturated carbocycles. The first-order chi connectivity index (χ1) is 17.1. The van der Waals surface area contributed by atoms with Gasteiger partial charge in [0, 0.05) is 29.0 Å². The zero-order chi connectivity index (χ0) is 25.8. The van der Waals surface area contributed by atoms with Crippen molar-refractivity contribution in [1.82, 2.24) is 9.38 Å². The molecule has 2 aromatic heterocycles. The predicted molar refractivity (Wildman–Crippen MR) is 123 cm³/mol. The van der Waals surface area contributed by atoms with Crippen molar-refractivity contribution >= 4 is 11.2 Å². The minimum atomic E-state index is -4.51. The van der Waals surface area contributed by atoms with E-state index in [0.29, 0.717) is 50.5 Å². The van der Waals surface area contributed by atoms with Crippen molar-refractivity contribution in [2.75, 3.05) is 0 Å². The minimum Gasteiger partial charge on any atom is -0.488 e. The van der Waals surface area contributed by atoms with E-state index in [9.17, 15) is 27.9 Å². The Morgan fingerprint density at radius 2 is 1.89 bits per heavy atom. The highest BCUT2D eigenvalue weighted by atomic mass is 19.4. The van der Waals surface area contributed by atoms with Gasteiger partial charge in [0.2, 0.25) is 0 Å². The SMILES string of the molecule is C/C(C#N)=C1/c2ccc(C(O)c3c(C)nc4cc(C(F)(F)F)ccn34)cc2COc2cc(F)ccc21. The number of fused-ring (bicyclic) bond motifs is 3. The van der Waals surface area contributed by atoms with Gasteiger partial charge < -0.3 is 14.2 Å². The summed E-state index contributed by atoms with van der Waals surface area (Å²) in [6.45, 7) is 3.35. The number of imidazole rings is 1. The average molecular weight is 493 g/mol. The molecule has 5 rings (SSSR count). The Kier molecular flexibility index (Phi) is 5.57. The van der Waals surface area contributed by atoms with Crippen LogP contribution in [0.15, 0.2) is 60.3 Å². The number of hydrogen-bond donors (Lipinski definition) is 1. The Morgan fingerprint density at radius 3 is 2.61 bits per heavy atom. The largest absolute Gasteiger partial charge is 0.488 e. The Hall–Kier alpha value is -4.16. The smallest absolute Gasteiger partial charge is 0.416 e. The maximum Gasteiger partial charge on any atom is 0.416 e. The molecule has 2 aromatic carbocycles. The van der Waals surface area contributed by atoms with E-state index in [2.05, 4.69) is 11.1 Å². The fourth-order valence-corrected chi connectivity index (χ4v) is 4.57. The maximum absolute atomic E-state index is 13.9. The lowest BCUT2D eigenvalue weighted by molar-refractivity contribution is -0.137. The van der Waals surface area contributed by atoms with Gasteiger partial charge in [-0.05, 0) is 60.9 Å². The first kappa shape index (κ1) is 23.6. The number of aromatic nitrogens is 2. The molecule has 0 spiro atoms. The van der Waals surface area contributed by atoms with Gasteiger partial charge >= 0.3 is 6.18 Å². The molecule has 1 atom stereocenters. The summed E-state index contributed by atoms with van der Waals surface area (Å²) in [6, 6.07) is 13.3. The summed E-state index contributed by atoms with van der Waals surface area (Å²) in [5, 5.41) is 20.9. The number of halogens is 4. The number of ether oxygens (including phenoxy) is 1. The Morgan fingerprint density at radius 1 is 1.14 bits per heavy atom. The zero-order valence-corrected chi connectivity index (χ0v) is 19.2. The van der Waals surface area contributed by atoms with E-state index in [4.69, 9.17) is 4.74 Å². The number of nitrogens with zero attached hydrogens (tertiary/aromatic N) is 3. The standard InChI is InChI=1S/C27H19F4N3O2/c1-14(12-32)24-20-5-3-16(9-17(20)13-36-22-11-19(28)4-6-21(22)24)26(35)25-15(2)33-23-10-18(27(29,30)31)7-8-34(23)25/h3-11,26,35H,13H2,1-2H3/b24-14+. The second-order valence-corrected chi connectivity index (χ2v) is 8.58. The Balaban J connectivity index is 1.61. The first-order valence-electron chi connectivity index (χ1n) is 11.0. The molecule has 0 radical (unpaired) electrons. The van der Waals surface area contributed by atoms with Crippen LogP contribution in [0.1, 0.15) is 52.2 Å². The van der Waals surface area contributed by atoms with Crippen molar-refractivity contribution in [3.8, 4) is 11.8 Å². The maximum atomic E-state index is 13.9. The third kappa shape index (κ3) is 3.89. The number of allylic oxidation sites excluding steroid dienone is 1. The van der Waals surface area contributed by atoms with Gasteiger partial charge in [-0.1, -0.05) is 12.1 Å². The fraction of sp³-hybridized carbons (Fsp3) is 0.185. The molecule has 36 heavy (non-hydrogen) atoms. The molecule has 0 fully saturated rings. The molecule has 1 aliphatic rings. The molecule has 4 aromatic rings. The van der Waals surface area contributed by atoms with Crippen molar-refractivity contribution in [2.24, 2.45) is 0 Å². The summed E-state index contributed by atoms with van der Waals surface area (Å²) in [5.41, 5.74) is 3.41. The molecular formula is C27H19F4N3O2. The summed E-state index contributed by atoms with van der Waals surface area (Å²) in [4.78, 5) is 4.22. The molecule has 5 nitrogen and oxygen atoms in total. The van der Waals surface area contributed by atoms with E-state index in [1.54, 1.807) is 38.1 Å². The molecule has 1 unspecified atom stereocenters. The molecule has 0 amide bonds. The van der Waals surface area contributed by atoms with E-state index < -0.39 is 23.7 Å². The van der Waals surface area contributed by atoms with E-state index in [-0.39, 0.29) is 12.3 Å². The lowest BCUT2D eigenvalue weighted by Crippen LogP contribution is -2.09. The van der Waals surface area contributed by atoms with Gasteiger partial charge in [-0.2, -0.15) is 18.4 Å². The molecule has 182 valence electrons. The number of nitriles is 1. The Bertz CT molecular complexity index is 1600. The summed E-state index contributed by atoms with van der Waals surface area (Å²) >= 11 is 0. The van der Waals surface area contributed by atoms with Crippen molar-refractivity contribution in [3.05, 3.63) is 105 Å². The van der Waals surface area contributed by atoms with Crippen LogP contribution in [0.3, 0.4) is 0 Å². The number of rotatable bonds is 2. The molecule has 1 aliphatic heterocycles. The van der Waals surface area contributed by atoms with Crippen LogP contribution in [-0.4, -0.2) is 14.5 Å². The van der Waals surface area contributed by atoms with Gasteiger partial charge in [-0.25, -0.2) is 9.37 Å². The van der Waals surface area contributed by atoms with Crippen LogP contribution >= 0.6 is 0 Å². The first-order valence-corrected chi connectivity index (χ1v) is 11.0. The molecular weight excluding hydrogens is 474 g/mol. The van der Waals surface area contributed by atoms with E-state index in [1.807, 2.05) is 0 Å². The van der Waals surface area contributed by atoms with Crippen LogP contribution < -0.4 is 4.74 Å². The highest BCUT2D eigenvalue weighted by Gasteiger charge is 2.32. The second-order valence-electron chi connectivity index (χ2n) is 8.58. The van der Waals surface area contributed by atoms with Crippen molar-refractivity contribution in [1.29, 1.82) is 5.26 Å². The number of alkyl halides is 3. The average Bonchev–Trinajstić information content (AvgIpc) is 3.08. The zero-order valence-electron chi connectivity index (χ0n) is 19.2. The highest BCUT2D eigenvalue weighted by molar-refractivity contribution is 5.88. The summed E-state index contributed by atoms with van der Waals surface area (Å²) < 4.78 is 60.6. The lowest BCUT2D eigenvalue weighted by Gasteiger charge is -2.16. The number of hydrogen-bond acceptors (Lipinski definition) is 4. The van der Waals surface area contributed by atoms with Crippen LogP contribution in [0.5, 0.6) is 5.75 Å². The third-order valence-corrected chi connectivity index (χ3v) is 6.29. The molecule has 0 saturated heterocycles. The fourth-order valence-electron chi connectivity index (χ4n) is 4.57. The van der Waals surface area contributed by atoms with Gasteiger partial charge in [-0.15, -0.1) is 0 Å². The molecule has 3 heterocycles. The lowest BCUT2D eigenvalue weighted by atomic mass is 9.89. The van der Waals surface area contributed by atoms with Crippen LogP contribution in [-0.2, 0) is 12.8 Å². The van der Waals surface area contributed by atoms with Gasteiger partial charge in [-0.3, -0.25) is 0 Å². The quantitative estimate of drug-likeness (QED) is 0.270. The number of pyridine rings is 1. The minimum absolute atomic E-state index is 0.0651. The summed E-state index contributed by atoms with van der Waals surface area (Å²) in [5.74, 6) is -0.169. The van der Waals surface area contributed by atoms with Crippen LogP contribution in [0, 0.1) is 24.1 Å². The molecule has 1 N–H and O–H groups in total. The van der Waals surface area contributed by atoms with E-state index in [0.717, 1.165) is 12.1 Å². The van der Waals surface area contributed by atoms with Crippen LogP contribution in [0.2, 0.25) is 0 Å². The Labute approximate surface area is 203 Å². The normalized spacial score (nSPS) is 15.4. The van der Waals surface area contributed by atoms with Crippen molar-refractivity contribution in [3.63, 3.8) is 0 Å². The van der Waals surface area contributed by atoms with Crippen LogP contribution in [0.4, 0.5) is 17.6 Å². The third-order valence-electron chi connectivity index (χ3n) is 6.29. The van der Waals surface area contributed by atoms with Gasteiger partial charge in [0.25, 0.3) is 0 Å². The topological polar surface area (TPSA) is 70.5 Å². The molecule has 0 aliphatic carbocycles. The van der Waals surface area contributed by atoms with Crippen LogP contribution in [0.25, 0.3) is 11.2 Å². The summed E-state index contributed by atoms with van der Waals surface area (Å²) in [7, 11) is 0. The second kappa shape index (κ2) is 8.50. The number of benzene rings is 2. The number of aryl methyl sites for hydroxylation is 1. The van der Waals surface area contributed by atoms with Gasteiger partial charge in [0.1, 0.15) is 29.9 Å². The van der Waals surface area contributed by atoms with E-state index >= 15 is 0 Å².